The van der Waals surface area contributed by atoms with Gasteiger partial charge in [-0.3, -0.25) is 14.3 Å². The molecule has 2 aromatic heterocycles. The Morgan fingerprint density at radius 2 is 2.00 bits per heavy atom. The summed E-state index contributed by atoms with van der Waals surface area (Å²) >= 11 is 0. The molecular weight excluding hydrogens is 372 g/mol. The zero-order valence-corrected chi connectivity index (χ0v) is 16.8. The largest absolute Gasteiger partial charge is 0.486 e. The van der Waals surface area contributed by atoms with Gasteiger partial charge in [-0.25, -0.2) is 0 Å². The first-order valence-corrected chi connectivity index (χ1v) is 9.64. The SMILES string of the molecule is Cc1nn(C)c2[nH]c(=O)c(CCC(=O)NCc3ccc4c(c3)OCCO4)c(C)c12. The molecule has 1 aliphatic heterocycles. The number of hydrogen-bond acceptors (Lipinski definition) is 5. The lowest BCUT2D eigenvalue weighted by molar-refractivity contribution is -0.121. The lowest BCUT2D eigenvalue weighted by Crippen LogP contribution is -2.25. The highest BCUT2D eigenvalue weighted by Crippen LogP contribution is 2.30. The van der Waals surface area contributed by atoms with Crippen LogP contribution in [0.4, 0.5) is 0 Å². The second-order valence-electron chi connectivity index (χ2n) is 7.25. The van der Waals surface area contributed by atoms with Crippen molar-refractivity contribution in [2.45, 2.75) is 33.2 Å². The molecule has 29 heavy (non-hydrogen) atoms. The Morgan fingerprint density at radius 1 is 1.24 bits per heavy atom. The van der Waals surface area contributed by atoms with E-state index in [1.54, 1.807) is 11.7 Å². The van der Waals surface area contributed by atoms with Crippen molar-refractivity contribution in [3.8, 4) is 11.5 Å². The number of fused-ring (bicyclic) bond motifs is 2. The van der Waals surface area contributed by atoms with Crippen LogP contribution in [0.3, 0.4) is 0 Å². The number of carbonyl (C=O) groups is 1. The summed E-state index contributed by atoms with van der Waals surface area (Å²) in [5.74, 6) is 1.31. The average Bonchev–Trinajstić information content (AvgIpc) is 2.99. The Morgan fingerprint density at radius 3 is 2.79 bits per heavy atom. The molecule has 4 rings (SSSR count). The third-order valence-electron chi connectivity index (χ3n) is 5.25. The van der Waals surface area contributed by atoms with Crippen molar-refractivity contribution in [1.29, 1.82) is 0 Å². The average molecular weight is 396 g/mol. The monoisotopic (exact) mass is 396 g/mol. The number of carbonyl (C=O) groups excluding carboxylic acids is 1. The fourth-order valence-corrected chi connectivity index (χ4v) is 3.78. The highest BCUT2D eigenvalue weighted by Gasteiger charge is 2.16. The number of aryl methyl sites for hydroxylation is 3. The molecule has 0 saturated heterocycles. The van der Waals surface area contributed by atoms with Crippen LogP contribution in [0.15, 0.2) is 23.0 Å². The van der Waals surface area contributed by atoms with Crippen molar-refractivity contribution >= 4 is 16.9 Å². The molecule has 1 aromatic carbocycles. The summed E-state index contributed by atoms with van der Waals surface area (Å²) < 4.78 is 12.7. The lowest BCUT2D eigenvalue weighted by Gasteiger charge is -2.19. The van der Waals surface area contributed by atoms with Crippen LogP contribution in [0.2, 0.25) is 0 Å². The van der Waals surface area contributed by atoms with Crippen molar-refractivity contribution < 1.29 is 14.3 Å². The molecular formula is C21H24N4O4. The van der Waals surface area contributed by atoms with Gasteiger partial charge in [0.25, 0.3) is 5.56 Å². The Labute approximate surface area is 167 Å². The number of H-pyrrole nitrogens is 1. The number of hydrogen-bond donors (Lipinski definition) is 2. The first-order valence-electron chi connectivity index (χ1n) is 9.64. The van der Waals surface area contributed by atoms with E-state index in [4.69, 9.17) is 9.47 Å². The number of amides is 1. The van der Waals surface area contributed by atoms with Crippen LogP contribution in [-0.4, -0.2) is 33.9 Å². The minimum absolute atomic E-state index is 0.110. The third kappa shape index (κ3) is 3.70. The summed E-state index contributed by atoms with van der Waals surface area (Å²) in [6, 6.07) is 5.63. The number of ether oxygens (including phenoxy) is 2. The molecule has 8 heteroatoms. The van der Waals surface area contributed by atoms with Crippen molar-refractivity contribution in [2.24, 2.45) is 7.05 Å². The van der Waals surface area contributed by atoms with Crippen LogP contribution >= 0.6 is 0 Å². The van der Waals surface area contributed by atoms with E-state index in [-0.39, 0.29) is 17.9 Å². The molecule has 0 unspecified atom stereocenters. The maximum atomic E-state index is 12.5. The summed E-state index contributed by atoms with van der Waals surface area (Å²) in [6.07, 6.45) is 0.609. The van der Waals surface area contributed by atoms with Gasteiger partial charge in [-0.1, -0.05) is 6.07 Å². The van der Waals surface area contributed by atoms with Gasteiger partial charge < -0.3 is 19.8 Å². The highest BCUT2D eigenvalue weighted by atomic mass is 16.6. The number of aromatic nitrogens is 3. The summed E-state index contributed by atoms with van der Waals surface area (Å²) in [7, 11) is 1.80. The van der Waals surface area contributed by atoms with Gasteiger partial charge >= 0.3 is 0 Å². The van der Waals surface area contributed by atoms with Crippen LogP contribution in [0, 0.1) is 13.8 Å². The fraction of sp³-hybridized carbons (Fsp3) is 0.381. The number of pyridine rings is 1. The highest BCUT2D eigenvalue weighted by molar-refractivity contribution is 5.83. The molecule has 1 aliphatic rings. The zero-order valence-electron chi connectivity index (χ0n) is 16.8. The number of nitrogens with one attached hydrogen (secondary N) is 2. The molecule has 3 heterocycles. The molecule has 0 aliphatic carbocycles. The van der Waals surface area contributed by atoms with E-state index < -0.39 is 0 Å². The van der Waals surface area contributed by atoms with Gasteiger partial charge in [-0.2, -0.15) is 5.10 Å². The Kier molecular flexibility index (Phi) is 5.00. The molecule has 0 bridgehead atoms. The molecule has 152 valence electrons. The molecule has 0 saturated carbocycles. The van der Waals surface area contributed by atoms with E-state index >= 15 is 0 Å². The Hall–Kier alpha value is -3.29. The van der Waals surface area contributed by atoms with Gasteiger partial charge in [-0.15, -0.1) is 0 Å². The van der Waals surface area contributed by atoms with Crippen molar-refractivity contribution in [3.63, 3.8) is 0 Å². The molecule has 8 nitrogen and oxygen atoms in total. The van der Waals surface area contributed by atoms with E-state index in [1.165, 1.54) is 0 Å². The van der Waals surface area contributed by atoms with Gasteiger partial charge in [0, 0.05) is 31.0 Å². The van der Waals surface area contributed by atoms with Crippen LogP contribution in [-0.2, 0) is 24.8 Å². The second-order valence-corrected chi connectivity index (χ2v) is 7.25. The van der Waals surface area contributed by atoms with Gasteiger partial charge in [0.1, 0.15) is 18.9 Å². The third-order valence-corrected chi connectivity index (χ3v) is 5.25. The minimum Gasteiger partial charge on any atom is -0.486 e. The smallest absolute Gasteiger partial charge is 0.253 e. The van der Waals surface area contributed by atoms with Gasteiger partial charge in [-0.05, 0) is 43.5 Å². The number of rotatable bonds is 5. The minimum atomic E-state index is -0.169. The summed E-state index contributed by atoms with van der Waals surface area (Å²) in [6.45, 7) is 5.29. The van der Waals surface area contributed by atoms with E-state index in [0.29, 0.717) is 43.1 Å². The second kappa shape index (κ2) is 7.62. The van der Waals surface area contributed by atoms with Crippen LogP contribution in [0.25, 0.3) is 11.0 Å². The molecule has 0 atom stereocenters. The molecule has 0 radical (unpaired) electrons. The maximum Gasteiger partial charge on any atom is 0.253 e. The van der Waals surface area contributed by atoms with E-state index in [0.717, 1.165) is 28.0 Å². The van der Waals surface area contributed by atoms with Gasteiger partial charge in [0.15, 0.2) is 11.5 Å². The van der Waals surface area contributed by atoms with Gasteiger partial charge in [0.05, 0.1) is 5.69 Å². The van der Waals surface area contributed by atoms with Crippen molar-refractivity contribution in [2.75, 3.05) is 13.2 Å². The van der Waals surface area contributed by atoms with Crippen molar-refractivity contribution in [1.82, 2.24) is 20.1 Å². The predicted octanol–water partition coefficient (Wildman–Crippen LogP) is 1.90. The zero-order chi connectivity index (χ0) is 20.5. The first kappa shape index (κ1) is 19.0. The Bertz CT molecular complexity index is 1150. The quantitative estimate of drug-likeness (QED) is 0.686. The number of nitrogens with zero attached hydrogens (tertiary/aromatic N) is 2. The van der Waals surface area contributed by atoms with E-state index in [9.17, 15) is 9.59 Å². The summed E-state index contributed by atoms with van der Waals surface area (Å²) in [4.78, 5) is 27.7. The number of benzene rings is 1. The summed E-state index contributed by atoms with van der Waals surface area (Å²) in [5.41, 5.74) is 3.84. The topological polar surface area (TPSA) is 98.2 Å². The fourth-order valence-electron chi connectivity index (χ4n) is 3.78. The van der Waals surface area contributed by atoms with E-state index in [2.05, 4.69) is 15.4 Å². The molecule has 0 spiro atoms. The molecule has 0 fully saturated rings. The standard InChI is InChI=1S/C21H24N4O4/c1-12-15(21(27)23-20-19(12)13(2)24-25(20)3)5-7-18(26)22-11-14-4-6-16-17(10-14)29-9-8-28-16/h4,6,10H,5,7-9,11H2,1-3H3,(H,22,26)(H,23,27). The van der Waals surface area contributed by atoms with Crippen LogP contribution < -0.4 is 20.3 Å². The summed E-state index contributed by atoms with van der Waals surface area (Å²) in [5, 5.41) is 8.22. The molecule has 3 aromatic rings. The lowest BCUT2D eigenvalue weighted by atomic mass is 10.0. The molecule has 2 N–H and O–H groups in total. The van der Waals surface area contributed by atoms with E-state index in [1.807, 2.05) is 32.0 Å². The normalized spacial score (nSPS) is 12.9. The Balaban J connectivity index is 1.41. The van der Waals surface area contributed by atoms with Crippen LogP contribution in [0.5, 0.6) is 11.5 Å². The van der Waals surface area contributed by atoms with Gasteiger partial charge in [0.2, 0.25) is 5.91 Å². The first-order chi connectivity index (χ1) is 13.9. The van der Waals surface area contributed by atoms with Crippen molar-refractivity contribution in [3.05, 3.63) is 50.9 Å². The predicted molar refractivity (Wildman–Crippen MR) is 108 cm³/mol. The van der Waals surface area contributed by atoms with Crippen LogP contribution in [0.1, 0.15) is 28.8 Å². The number of aromatic amines is 1. The molecule has 1 amide bonds. The maximum absolute atomic E-state index is 12.5.